The zero-order chi connectivity index (χ0) is 58.2. The lowest BCUT2D eigenvalue weighted by atomic mass is 9.33. The van der Waals surface area contributed by atoms with Crippen LogP contribution in [0.25, 0.3) is 99.4 Å². The van der Waals surface area contributed by atoms with Gasteiger partial charge in [-0.2, -0.15) is 0 Å². The highest BCUT2D eigenvalue weighted by Crippen LogP contribution is 2.52. The summed E-state index contributed by atoms with van der Waals surface area (Å²) in [5.41, 5.74) is 28.6. The summed E-state index contributed by atoms with van der Waals surface area (Å²) in [6, 6.07) is 118. The van der Waals surface area contributed by atoms with E-state index in [4.69, 9.17) is 0 Å². The monoisotopic (exact) mass is 1110 g/mol. The molecular weight excluding hydrogens is 1050 g/mol. The minimum Gasteiger partial charge on any atom is -0.311 e. The average molecular weight is 1110 g/mol. The predicted octanol–water partition coefficient (Wildman–Crippen LogP) is 21.0. The molecule has 0 radical (unpaired) electrons. The van der Waals surface area contributed by atoms with Gasteiger partial charge in [-0.1, -0.05) is 294 Å². The van der Waals surface area contributed by atoms with E-state index in [9.17, 15) is 0 Å². The van der Waals surface area contributed by atoms with E-state index in [2.05, 4.69) is 346 Å². The third kappa shape index (κ3) is 8.80. The number of fused-ring (bicyclic) bond motifs is 6. The number of rotatable bonds is 9. The van der Waals surface area contributed by atoms with Crippen molar-refractivity contribution in [3.05, 3.63) is 321 Å². The van der Waals surface area contributed by atoms with Gasteiger partial charge >= 0.3 is 0 Å². The summed E-state index contributed by atoms with van der Waals surface area (Å²) in [6.45, 7) is 6.96. The number of anilines is 6. The predicted molar refractivity (Wildman–Crippen MR) is 372 cm³/mol. The zero-order valence-electron chi connectivity index (χ0n) is 49.0. The Labute approximate surface area is 510 Å². The van der Waals surface area contributed by atoms with Crippen molar-refractivity contribution < 1.29 is 0 Å². The first-order chi connectivity index (χ1) is 42.8. The van der Waals surface area contributed by atoms with Gasteiger partial charge in [0, 0.05) is 33.9 Å². The van der Waals surface area contributed by atoms with Crippen LogP contribution in [0.5, 0.6) is 0 Å². The van der Waals surface area contributed by atoms with Crippen molar-refractivity contribution in [2.45, 2.75) is 26.2 Å². The molecule has 2 nitrogen and oxygen atoms in total. The molecule has 0 amide bonds. The van der Waals surface area contributed by atoms with Crippen LogP contribution in [0.3, 0.4) is 0 Å². The molecule has 16 rings (SSSR count). The largest absolute Gasteiger partial charge is 0.311 e. The molecular formula is C84H61BN2. The molecule has 14 aromatic carbocycles. The molecule has 410 valence electrons. The summed E-state index contributed by atoms with van der Waals surface area (Å²) in [5.74, 6) is 0. The highest BCUT2D eigenvalue weighted by Gasteiger charge is 2.45. The van der Waals surface area contributed by atoms with E-state index in [-0.39, 0.29) is 12.1 Å². The molecule has 0 unspecified atom stereocenters. The van der Waals surface area contributed by atoms with Crippen LogP contribution in [-0.4, -0.2) is 6.71 Å². The number of para-hydroxylation sites is 2. The SMILES string of the molecule is CC(C)(C)c1cc2c3c(c1)N(c1ccccc1-c1ccccc1)c1cc(-c4c5ccccc5c(-c5cc(-c6ccccc6)ccc5-c5ccccc5)c5ccccc45)ccc1B3c1cc(-c3ccccc3)ccc1N2c1ccccc1-c1ccccc1. The number of benzene rings is 14. The molecule has 0 saturated heterocycles. The first kappa shape index (κ1) is 51.9. The molecule has 2 aliphatic heterocycles. The standard InChI is InChI=1S/C84H61BN2/c1-84(2,3)64-54-79-83-80(55-64)87(76-44-26-24-38-67(76)60-35-17-8-18-36-60)78-53-63(46-49-73(78)85(83)74-52-62(57-29-11-5-12-30-57)47-50-77(74)86(79)75-43-25-23-37-66(75)59-33-15-7-16-34-59)81-68-39-19-21-41-70(68)82(71-42-22-20-40-69(71)81)72-51-61(56-27-9-4-10-28-56)45-48-65(72)58-31-13-6-14-32-58/h4-55H,1-3H3. The van der Waals surface area contributed by atoms with E-state index < -0.39 is 0 Å². The number of nitrogens with zero attached hydrogens (tertiary/aromatic N) is 2. The molecule has 0 spiro atoms. The van der Waals surface area contributed by atoms with Crippen LogP contribution in [-0.2, 0) is 5.41 Å². The van der Waals surface area contributed by atoms with Crippen LogP contribution in [0, 0.1) is 0 Å². The van der Waals surface area contributed by atoms with Gasteiger partial charge in [0.1, 0.15) is 0 Å². The fourth-order valence-corrected chi connectivity index (χ4v) is 14.1. The first-order valence-corrected chi connectivity index (χ1v) is 30.4. The number of hydrogen-bond acceptors (Lipinski definition) is 2. The van der Waals surface area contributed by atoms with E-state index in [1.165, 1.54) is 144 Å². The fourth-order valence-electron chi connectivity index (χ4n) is 14.1. The summed E-state index contributed by atoms with van der Waals surface area (Å²) in [6.07, 6.45) is 0. The topological polar surface area (TPSA) is 6.48 Å². The molecule has 14 aromatic rings. The molecule has 0 atom stereocenters. The van der Waals surface area contributed by atoms with Crippen molar-refractivity contribution in [3.63, 3.8) is 0 Å². The van der Waals surface area contributed by atoms with Crippen LogP contribution in [0.4, 0.5) is 34.1 Å². The Balaban J connectivity index is 1.00. The van der Waals surface area contributed by atoms with Gasteiger partial charge in [0.15, 0.2) is 0 Å². The van der Waals surface area contributed by atoms with Crippen molar-refractivity contribution in [1.82, 2.24) is 0 Å². The van der Waals surface area contributed by atoms with Crippen LogP contribution in [0.2, 0.25) is 0 Å². The van der Waals surface area contributed by atoms with Crippen molar-refractivity contribution in [2.75, 3.05) is 9.80 Å². The lowest BCUT2D eigenvalue weighted by molar-refractivity contribution is 0.590. The molecule has 0 N–H and O–H groups in total. The Morgan fingerprint density at radius 1 is 0.241 bits per heavy atom. The van der Waals surface area contributed by atoms with Gasteiger partial charge in [0.05, 0.1) is 11.4 Å². The minimum absolute atomic E-state index is 0.129. The van der Waals surface area contributed by atoms with Crippen LogP contribution in [0.15, 0.2) is 315 Å². The van der Waals surface area contributed by atoms with Gasteiger partial charge in [0.2, 0.25) is 0 Å². The Kier molecular flexibility index (Phi) is 12.6. The molecule has 0 saturated carbocycles. The van der Waals surface area contributed by atoms with Gasteiger partial charge in [-0.05, 0) is 158 Å². The molecule has 3 heteroatoms. The fraction of sp³-hybridized carbons (Fsp3) is 0.0476. The second-order valence-electron chi connectivity index (χ2n) is 24.3. The smallest absolute Gasteiger partial charge is 0.252 e. The summed E-state index contributed by atoms with van der Waals surface area (Å²) in [4.78, 5) is 5.23. The third-order valence-corrected chi connectivity index (χ3v) is 18.2. The van der Waals surface area contributed by atoms with Crippen molar-refractivity contribution in [1.29, 1.82) is 0 Å². The van der Waals surface area contributed by atoms with Crippen molar-refractivity contribution in [3.8, 4) is 77.9 Å². The molecule has 0 aromatic heterocycles. The first-order valence-electron chi connectivity index (χ1n) is 30.4. The summed E-state index contributed by atoms with van der Waals surface area (Å²) < 4.78 is 0. The highest BCUT2D eigenvalue weighted by atomic mass is 15.2. The Bertz CT molecular complexity index is 4900. The molecule has 0 fully saturated rings. The van der Waals surface area contributed by atoms with E-state index in [1.54, 1.807) is 0 Å². The third-order valence-electron chi connectivity index (χ3n) is 18.2. The summed E-state index contributed by atoms with van der Waals surface area (Å²) >= 11 is 0. The van der Waals surface area contributed by atoms with Gasteiger partial charge in [-0.3, -0.25) is 0 Å². The Hall–Kier alpha value is -10.7. The molecule has 0 aliphatic carbocycles. The maximum absolute atomic E-state index is 2.64. The average Bonchev–Trinajstić information content (AvgIpc) is 0.809. The number of hydrogen-bond donors (Lipinski definition) is 0. The van der Waals surface area contributed by atoms with Gasteiger partial charge in [-0.25, -0.2) is 0 Å². The minimum atomic E-state index is -0.212. The van der Waals surface area contributed by atoms with E-state index in [0.717, 1.165) is 11.4 Å². The van der Waals surface area contributed by atoms with Gasteiger partial charge in [-0.15, -0.1) is 0 Å². The lowest BCUT2D eigenvalue weighted by Gasteiger charge is -2.46. The maximum Gasteiger partial charge on any atom is 0.252 e. The van der Waals surface area contributed by atoms with Crippen LogP contribution >= 0.6 is 0 Å². The Morgan fingerprint density at radius 2 is 0.644 bits per heavy atom. The molecule has 87 heavy (non-hydrogen) atoms. The van der Waals surface area contributed by atoms with Crippen molar-refractivity contribution in [2.24, 2.45) is 0 Å². The van der Waals surface area contributed by atoms with Gasteiger partial charge in [0.25, 0.3) is 6.71 Å². The quantitative estimate of drug-likeness (QED) is 0.105. The van der Waals surface area contributed by atoms with Crippen molar-refractivity contribution >= 4 is 78.8 Å². The molecule has 0 bridgehead atoms. The Morgan fingerprint density at radius 3 is 1.15 bits per heavy atom. The maximum atomic E-state index is 2.64. The second-order valence-corrected chi connectivity index (χ2v) is 24.3. The highest BCUT2D eigenvalue weighted by molar-refractivity contribution is 7.00. The normalized spacial score (nSPS) is 12.5. The van der Waals surface area contributed by atoms with E-state index >= 15 is 0 Å². The summed E-state index contributed by atoms with van der Waals surface area (Å²) in [5, 5.41) is 4.85. The van der Waals surface area contributed by atoms with E-state index in [1.807, 2.05) is 0 Å². The molecule has 2 heterocycles. The van der Waals surface area contributed by atoms with Crippen LogP contribution < -0.4 is 26.2 Å². The van der Waals surface area contributed by atoms with Crippen LogP contribution in [0.1, 0.15) is 26.3 Å². The lowest BCUT2D eigenvalue weighted by Crippen LogP contribution is -2.61. The summed E-state index contributed by atoms with van der Waals surface area (Å²) in [7, 11) is 0. The zero-order valence-corrected chi connectivity index (χ0v) is 49.0. The van der Waals surface area contributed by atoms with E-state index in [0.29, 0.717) is 0 Å². The molecule has 2 aliphatic rings. The van der Waals surface area contributed by atoms with Gasteiger partial charge < -0.3 is 9.80 Å². The second kappa shape index (κ2) is 21.1.